The third kappa shape index (κ3) is 14.8. The largest absolute Gasteiger partial charge is 0.469 e. The van der Waals surface area contributed by atoms with E-state index in [9.17, 15) is 4.57 Å². The van der Waals surface area contributed by atoms with Crippen molar-refractivity contribution in [3.8, 4) is 0 Å². The fourth-order valence-corrected chi connectivity index (χ4v) is 0.911. The monoisotopic (exact) mass is 253 g/mol. The van der Waals surface area contributed by atoms with E-state index in [2.05, 4.69) is 4.52 Å². The summed E-state index contributed by atoms with van der Waals surface area (Å²) in [6.45, 7) is -0.637. The number of alkyl halides is 3. The van der Waals surface area contributed by atoms with Crippen LogP contribution in [0.5, 0.6) is 0 Å². The molecule has 0 fully saturated rings. The van der Waals surface area contributed by atoms with E-state index in [4.69, 9.17) is 44.6 Å². The summed E-state index contributed by atoms with van der Waals surface area (Å²) in [5.41, 5.74) is 0. The van der Waals surface area contributed by atoms with Crippen LogP contribution in [0.3, 0.4) is 0 Å². The first kappa shape index (κ1) is 15.5. The quantitative estimate of drug-likeness (QED) is 0.443. The number of hydrogen-bond acceptors (Lipinski definition) is 2. The van der Waals surface area contributed by atoms with E-state index in [1.807, 2.05) is 0 Å². The molecule has 65 valence electrons. The summed E-state index contributed by atoms with van der Waals surface area (Å²) >= 11 is 15.3. The van der Waals surface area contributed by atoms with Gasteiger partial charge in [-0.2, -0.15) is 0 Å². The number of phosphoric acid groups is 1. The smallest absolute Gasteiger partial charge is 0.303 e. The van der Waals surface area contributed by atoms with Crippen molar-refractivity contribution >= 4 is 72.2 Å². The fraction of sp³-hybridized carbons (Fsp3) is 1.00. The summed E-state index contributed by atoms with van der Waals surface area (Å²) in [5, 5.41) is 0. The average Bonchev–Trinajstić information content (AvgIpc) is 1.57. The van der Waals surface area contributed by atoms with Gasteiger partial charge in [-0.1, -0.05) is 34.8 Å². The SMILES string of the molecule is O=P(O)(O)OCC(Cl)(Cl)Cl.[HH].[Na]. The van der Waals surface area contributed by atoms with Crippen LogP contribution >= 0.6 is 42.6 Å². The van der Waals surface area contributed by atoms with Gasteiger partial charge in [0.05, 0.1) is 0 Å². The molecule has 0 rings (SSSR count). The molecule has 9 heteroatoms. The molecule has 0 saturated carbocycles. The molecule has 0 unspecified atom stereocenters. The molecule has 0 saturated heterocycles. The molecule has 4 nitrogen and oxygen atoms in total. The van der Waals surface area contributed by atoms with E-state index in [0.717, 1.165) is 0 Å². The van der Waals surface area contributed by atoms with E-state index >= 15 is 0 Å². The van der Waals surface area contributed by atoms with Crippen molar-refractivity contribution < 1.29 is 20.3 Å². The molecule has 1 radical (unpaired) electrons. The Labute approximate surface area is 102 Å². The molecular weight excluding hydrogens is 248 g/mol. The average molecular weight is 254 g/mol. The van der Waals surface area contributed by atoms with Crippen LogP contribution in [-0.2, 0) is 9.09 Å². The van der Waals surface area contributed by atoms with Crippen LogP contribution in [0.2, 0.25) is 0 Å². The van der Waals surface area contributed by atoms with Gasteiger partial charge in [-0.3, -0.25) is 4.52 Å². The number of phosphoric ester groups is 1. The van der Waals surface area contributed by atoms with Crippen LogP contribution in [0.1, 0.15) is 1.43 Å². The van der Waals surface area contributed by atoms with E-state index in [1.54, 1.807) is 0 Å². The van der Waals surface area contributed by atoms with Crippen molar-refractivity contribution in [3.63, 3.8) is 0 Å². The zero-order chi connectivity index (χ0) is 8.41. The van der Waals surface area contributed by atoms with Gasteiger partial charge in [0.2, 0.25) is 3.79 Å². The van der Waals surface area contributed by atoms with Gasteiger partial charge < -0.3 is 9.79 Å². The van der Waals surface area contributed by atoms with Crippen LogP contribution in [0, 0.1) is 0 Å². The van der Waals surface area contributed by atoms with Crippen molar-refractivity contribution in [2.75, 3.05) is 6.61 Å². The van der Waals surface area contributed by atoms with Gasteiger partial charge in [-0.15, -0.1) is 0 Å². The first-order valence-corrected chi connectivity index (χ1v) is 4.64. The van der Waals surface area contributed by atoms with Crippen LogP contribution in [0.4, 0.5) is 0 Å². The summed E-state index contributed by atoms with van der Waals surface area (Å²) in [7, 11) is -4.52. The van der Waals surface area contributed by atoms with E-state index in [1.165, 1.54) is 0 Å². The number of halogens is 3. The maximum atomic E-state index is 9.97. The first-order chi connectivity index (χ1) is 4.21. The Hall–Kier alpha value is 1.98. The molecule has 0 atom stereocenters. The van der Waals surface area contributed by atoms with Crippen molar-refractivity contribution in [3.05, 3.63) is 0 Å². The fourth-order valence-electron chi connectivity index (χ4n) is 0.157. The summed E-state index contributed by atoms with van der Waals surface area (Å²) in [6, 6.07) is 0. The van der Waals surface area contributed by atoms with E-state index in [-0.39, 0.29) is 31.0 Å². The molecule has 0 aliphatic heterocycles. The second-order valence-corrected chi connectivity index (χ2v) is 5.13. The predicted octanol–water partition coefficient (Wildman–Crippen LogP) is 1.33. The number of hydrogen-bond donors (Lipinski definition) is 2. The Kier molecular flexibility index (Phi) is 7.95. The Morgan fingerprint density at radius 2 is 1.82 bits per heavy atom. The van der Waals surface area contributed by atoms with Gasteiger partial charge in [0.1, 0.15) is 6.61 Å². The summed E-state index contributed by atoms with van der Waals surface area (Å²) < 4.78 is 12.0. The van der Waals surface area contributed by atoms with E-state index < -0.39 is 18.2 Å². The zero-order valence-corrected chi connectivity index (χ0v) is 10.7. The molecule has 0 aliphatic rings. The zero-order valence-electron chi connectivity index (χ0n) is 5.50. The molecule has 0 aromatic heterocycles. The van der Waals surface area contributed by atoms with Crippen LogP contribution in [0.15, 0.2) is 0 Å². The minimum absolute atomic E-state index is 0. The maximum absolute atomic E-state index is 9.97. The molecule has 0 heterocycles. The van der Waals surface area contributed by atoms with Crippen molar-refractivity contribution in [1.82, 2.24) is 0 Å². The molecule has 0 aliphatic carbocycles. The molecule has 0 aromatic carbocycles. The first-order valence-electron chi connectivity index (χ1n) is 1.97. The number of rotatable bonds is 2. The minimum Gasteiger partial charge on any atom is -0.303 e. The summed E-state index contributed by atoms with van der Waals surface area (Å²) in [5.74, 6) is 0. The molecule has 0 amide bonds. The molecule has 0 aromatic rings. The molecular formula is C2H6Cl3NaO4P. The Morgan fingerprint density at radius 3 is 1.91 bits per heavy atom. The van der Waals surface area contributed by atoms with Crippen LogP contribution in [0.25, 0.3) is 0 Å². The van der Waals surface area contributed by atoms with Crippen molar-refractivity contribution in [2.24, 2.45) is 0 Å². The van der Waals surface area contributed by atoms with Gasteiger partial charge in [-0.05, 0) is 0 Å². The predicted molar refractivity (Wildman–Crippen MR) is 46.2 cm³/mol. The van der Waals surface area contributed by atoms with E-state index in [0.29, 0.717) is 0 Å². The minimum atomic E-state index is -4.52. The second-order valence-electron chi connectivity index (χ2n) is 1.38. The van der Waals surface area contributed by atoms with Gasteiger partial charge in [-0.25, -0.2) is 4.57 Å². The topological polar surface area (TPSA) is 66.8 Å². The van der Waals surface area contributed by atoms with Gasteiger partial charge in [0.15, 0.2) is 0 Å². The molecule has 0 bridgehead atoms. The molecule has 2 N–H and O–H groups in total. The molecule has 0 spiro atoms. The Bertz CT molecular complexity index is 157. The Morgan fingerprint density at radius 1 is 1.45 bits per heavy atom. The van der Waals surface area contributed by atoms with Crippen molar-refractivity contribution in [2.45, 2.75) is 3.79 Å². The Balaban J connectivity index is -0.000000405. The summed E-state index contributed by atoms with van der Waals surface area (Å²) in [4.78, 5) is 16.2. The standard InChI is InChI=1S/C2H4Cl3O4P.Na.H2/c3-2(4,5)1-9-10(6,7)8;;/h1H2,(H2,6,7,8);;1H. The maximum Gasteiger partial charge on any atom is 0.469 e. The summed E-state index contributed by atoms with van der Waals surface area (Å²) in [6.07, 6.45) is 0. The third-order valence-corrected chi connectivity index (χ3v) is 1.19. The van der Waals surface area contributed by atoms with Gasteiger partial charge in [0, 0.05) is 31.0 Å². The van der Waals surface area contributed by atoms with Crippen LogP contribution < -0.4 is 0 Å². The van der Waals surface area contributed by atoms with Gasteiger partial charge in [0.25, 0.3) is 0 Å². The normalized spacial score (nSPS) is 12.5. The van der Waals surface area contributed by atoms with Crippen LogP contribution in [-0.4, -0.2) is 49.7 Å². The second kappa shape index (κ2) is 5.66. The van der Waals surface area contributed by atoms with Gasteiger partial charge >= 0.3 is 7.82 Å². The molecule has 11 heavy (non-hydrogen) atoms. The third-order valence-electron chi connectivity index (χ3n) is 0.396. The van der Waals surface area contributed by atoms with Crippen molar-refractivity contribution in [1.29, 1.82) is 0 Å².